The number of hydrogen-bond acceptors (Lipinski definition) is 3. The number of nitrogens with one attached hydrogen (secondary N) is 2. The zero-order chi connectivity index (χ0) is 15.6. The van der Waals surface area contributed by atoms with Crippen LogP contribution in [0.25, 0.3) is 0 Å². The van der Waals surface area contributed by atoms with Crippen molar-refractivity contribution in [3.63, 3.8) is 0 Å². The molecule has 0 bridgehead atoms. The summed E-state index contributed by atoms with van der Waals surface area (Å²) in [7, 11) is 0. The number of thioether (sulfide) groups is 1. The summed E-state index contributed by atoms with van der Waals surface area (Å²) in [5, 5.41) is 14.4. The van der Waals surface area contributed by atoms with Gasteiger partial charge in [0.1, 0.15) is 6.07 Å². The van der Waals surface area contributed by atoms with Crippen molar-refractivity contribution in [3.8, 4) is 6.07 Å². The van der Waals surface area contributed by atoms with Crippen molar-refractivity contribution < 1.29 is 4.79 Å². The predicted molar refractivity (Wildman–Crippen MR) is 90.8 cm³/mol. The first-order chi connectivity index (χ1) is 10.8. The summed E-state index contributed by atoms with van der Waals surface area (Å²) in [6.45, 7) is 0.581. The second kappa shape index (κ2) is 8.75. The highest BCUT2D eigenvalue weighted by Gasteiger charge is 2.04. The van der Waals surface area contributed by atoms with Crippen LogP contribution in [0.5, 0.6) is 0 Å². The van der Waals surface area contributed by atoms with E-state index in [1.54, 1.807) is 36.0 Å². The topological polar surface area (TPSA) is 64.9 Å². The van der Waals surface area contributed by atoms with Crippen LogP contribution in [0, 0.1) is 11.3 Å². The van der Waals surface area contributed by atoms with Crippen molar-refractivity contribution in [3.05, 3.63) is 65.7 Å². The summed E-state index contributed by atoms with van der Waals surface area (Å²) in [5.41, 5.74) is 2.26. The average molecular weight is 311 g/mol. The molecule has 112 valence electrons. The van der Waals surface area contributed by atoms with Gasteiger partial charge in [0.2, 0.25) is 0 Å². The summed E-state index contributed by atoms with van der Waals surface area (Å²) in [6, 6.07) is 18.9. The van der Waals surface area contributed by atoms with Crippen molar-refractivity contribution in [2.24, 2.45) is 0 Å². The lowest BCUT2D eigenvalue weighted by atomic mass is 10.2. The van der Waals surface area contributed by atoms with Crippen LogP contribution in [0.4, 0.5) is 10.5 Å². The fourth-order valence-corrected chi connectivity index (χ4v) is 2.68. The Hall–Kier alpha value is -2.45. The van der Waals surface area contributed by atoms with E-state index in [9.17, 15) is 4.79 Å². The van der Waals surface area contributed by atoms with E-state index in [0.29, 0.717) is 17.8 Å². The number of para-hydroxylation sites is 1. The standard InChI is InChI=1S/C17H17N3OS/c18-12-15-8-4-5-9-16(15)20-17(21)19-10-11-22-13-14-6-2-1-3-7-14/h1-9H,10-11,13H2,(H2,19,20,21). The van der Waals surface area contributed by atoms with Crippen LogP contribution in [0.1, 0.15) is 11.1 Å². The van der Waals surface area contributed by atoms with Gasteiger partial charge in [0.05, 0.1) is 11.3 Å². The van der Waals surface area contributed by atoms with Crippen LogP contribution >= 0.6 is 11.8 Å². The lowest BCUT2D eigenvalue weighted by Gasteiger charge is -2.08. The molecule has 4 nitrogen and oxygen atoms in total. The molecule has 2 rings (SSSR count). The van der Waals surface area contributed by atoms with Crippen molar-refractivity contribution in [2.75, 3.05) is 17.6 Å². The third-order valence-corrected chi connectivity index (χ3v) is 3.97. The van der Waals surface area contributed by atoms with Crippen molar-refractivity contribution in [1.29, 1.82) is 5.26 Å². The molecule has 22 heavy (non-hydrogen) atoms. The van der Waals surface area contributed by atoms with Crippen LogP contribution in [0.3, 0.4) is 0 Å². The van der Waals surface area contributed by atoms with Crippen LogP contribution in [0.15, 0.2) is 54.6 Å². The highest BCUT2D eigenvalue weighted by atomic mass is 32.2. The summed E-state index contributed by atoms with van der Waals surface area (Å²) in [5.74, 6) is 1.77. The maximum atomic E-state index is 11.8. The molecule has 0 fully saturated rings. The highest BCUT2D eigenvalue weighted by molar-refractivity contribution is 7.98. The van der Waals surface area contributed by atoms with Gasteiger partial charge in [0, 0.05) is 18.1 Å². The zero-order valence-electron chi connectivity index (χ0n) is 12.1. The average Bonchev–Trinajstić information content (AvgIpc) is 2.56. The molecule has 0 aliphatic carbocycles. The van der Waals surface area contributed by atoms with Crippen molar-refractivity contribution >= 4 is 23.5 Å². The molecule has 0 saturated carbocycles. The Balaban J connectivity index is 1.67. The largest absolute Gasteiger partial charge is 0.337 e. The monoisotopic (exact) mass is 311 g/mol. The second-order valence-corrected chi connectivity index (χ2v) is 5.68. The molecule has 0 saturated heterocycles. The van der Waals surface area contributed by atoms with Gasteiger partial charge in [0.25, 0.3) is 0 Å². The fraction of sp³-hybridized carbons (Fsp3) is 0.176. The smallest absolute Gasteiger partial charge is 0.319 e. The van der Waals surface area contributed by atoms with E-state index in [1.165, 1.54) is 5.56 Å². The minimum absolute atomic E-state index is 0.289. The highest BCUT2D eigenvalue weighted by Crippen LogP contribution is 2.13. The summed E-state index contributed by atoms with van der Waals surface area (Å²) in [4.78, 5) is 11.8. The molecule has 0 unspecified atom stereocenters. The number of hydrogen-bond donors (Lipinski definition) is 2. The number of carbonyl (C=O) groups is 1. The van der Waals surface area contributed by atoms with Crippen LogP contribution < -0.4 is 10.6 Å². The quantitative estimate of drug-likeness (QED) is 0.801. The number of amides is 2. The van der Waals surface area contributed by atoms with Crippen LogP contribution in [-0.4, -0.2) is 18.3 Å². The van der Waals surface area contributed by atoms with E-state index >= 15 is 0 Å². The Kier molecular flexibility index (Phi) is 6.34. The lowest BCUT2D eigenvalue weighted by molar-refractivity contribution is 0.252. The van der Waals surface area contributed by atoms with Gasteiger partial charge in [-0.1, -0.05) is 42.5 Å². The summed E-state index contributed by atoms with van der Waals surface area (Å²) >= 11 is 1.77. The Bertz CT molecular complexity index is 652. The number of carbonyl (C=O) groups excluding carboxylic acids is 1. The van der Waals surface area contributed by atoms with Gasteiger partial charge in [-0.2, -0.15) is 17.0 Å². The number of nitrogens with zero attached hydrogens (tertiary/aromatic N) is 1. The summed E-state index contributed by atoms with van der Waals surface area (Å²) < 4.78 is 0. The van der Waals surface area contributed by atoms with Gasteiger partial charge in [0.15, 0.2) is 0 Å². The zero-order valence-corrected chi connectivity index (χ0v) is 12.9. The minimum atomic E-state index is -0.289. The molecule has 2 aromatic carbocycles. The van der Waals surface area contributed by atoms with E-state index in [1.807, 2.05) is 24.3 Å². The molecule has 0 aliphatic heterocycles. The van der Waals surface area contributed by atoms with Gasteiger partial charge in [-0.05, 0) is 17.7 Å². The van der Waals surface area contributed by atoms with Crippen LogP contribution in [-0.2, 0) is 5.75 Å². The van der Waals surface area contributed by atoms with E-state index in [0.717, 1.165) is 11.5 Å². The molecule has 0 spiro atoms. The molecule has 5 heteroatoms. The minimum Gasteiger partial charge on any atom is -0.337 e. The maximum Gasteiger partial charge on any atom is 0.319 e. The second-order valence-electron chi connectivity index (χ2n) is 4.58. The Labute approximate surface area is 134 Å². The normalized spacial score (nSPS) is 9.77. The Morgan fingerprint density at radius 2 is 1.82 bits per heavy atom. The predicted octanol–water partition coefficient (Wildman–Crippen LogP) is 3.61. The van der Waals surface area contributed by atoms with Gasteiger partial charge >= 0.3 is 6.03 Å². The van der Waals surface area contributed by atoms with Crippen molar-refractivity contribution in [1.82, 2.24) is 5.32 Å². The molecular formula is C17H17N3OS. The van der Waals surface area contributed by atoms with Gasteiger partial charge < -0.3 is 10.6 Å². The third-order valence-electron chi connectivity index (χ3n) is 2.94. The van der Waals surface area contributed by atoms with Gasteiger partial charge in [-0.15, -0.1) is 0 Å². The fourth-order valence-electron chi connectivity index (χ4n) is 1.86. The van der Waals surface area contributed by atoms with Gasteiger partial charge in [-0.3, -0.25) is 0 Å². The number of anilines is 1. The van der Waals surface area contributed by atoms with E-state index in [-0.39, 0.29) is 6.03 Å². The first-order valence-corrected chi connectivity index (χ1v) is 8.10. The molecule has 0 heterocycles. The number of urea groups is 1. The van der Waals surface area contributed by atoms with E-state index in [2.05, 4.69) is 22.8 Å². The van der Waals surface area contributed by atoms with E-state index in [4.69, 9.17) is 5.26 Å². The number of rotatable bonds is 6. The number of nitriles is 1. The molecule has 0 aromatic heterocycles. The molecule has 2 amide bonds. The molecule has 0 atom stereocenters. The first-order valence-electron chi connectivity index (χ1n) is 6.95. The van der Waals surface area contributed by atoms with Crippen molar-refractivity contribution in [2.45, 2.75) is 5.75 Å². The molecular weight excluding hydrogens is 294 g/mol. The first kappa shape index (κ1) is 15.9. The lowest BCUT2D eigenvalue weighted by Crippen LogP contribution is -2.30. The number of benzene rings is 2. The van der Waals surface area contributed by atoms with Gasteiger partial charge in [-0.25, -0.2) is 4.79 Å². The Morgan fingerprint density at radius 3 is 2.59 bits per heavy atom. The summed E-state index contributed by atoms with van der Waals surface area (Å²) in [6.07, 6.45) is 0. The maximum absolute atomic E-state index is 11.8. The molecule has 0 aliphatic rings. The molecule has 2 N–H and O–H groups in total. The third kappa shape index (κ3) is 5.15. The van der Waals surface area contributed by atoms with E-state index < -0.39 is 0 Å². The molecule has 0 radical (unpaired) electrons. The SMILES string of the molecule is N#Cc1ccccc1NC(=O)NCCSCc1ccccc1. The molecule has 2 aromatic rings. The Morgan fingerprint density at radius 1 is 1.09 bits per heavy atom. The van der Waals surface area contributed by atoms with Crippen LogP contribution in [0.2, 0.25) is 0 Å².